The minimum atomic E-state index is 0.243. The Bertz CT molecular complexity index is 572. The number of anilines is 2. The van der Waals surface area contributed by atoms with Crippen molar-refractivity contribution >= 4 is 11.4 Å². The highest BCUT2D eigenvalue weighted by atomic mass is 16.5. The van der Waals surface area contributed by atoms with E-state index < -0.39 is 0 Å². The van der Waals surface area contributed by atoms with E-state index in [1.54, 1.807) is 0 Å². The third-order valence-corrected chi connectivity index (χ3v) is 3.85. The van der Waals surface area contributed by atoms with Crippen LogP contribution in [0.3, 0.4) is 0 Å². The first-order valence-corrected chi connectivity index (χ1v) is 7.40. The molecule has 3 rings (SSSR count). The molecular formula is C16H22N4O. The zero-order valence-electron chi connectivity index (χ0n) is 12.6. The number of morpholine rings is 1. The van der Waals surface area contributed by atoms with Crippen molar-refractivity contribution in [2.75, 3.05) is 36.5 Å². The third kappa shape index (κ3) is 3.36. The smallest absolute Gasteiger partial charge is 0.0642 e. The first-order chi connectivity index (χ1) is 10.2. The van der Waals surface area contributed by atoms with E-state index in [0.29, 0.717) is 0 Å². The molecule has 21 heavy (non-hydrogen) atoms. The Kier molecular flexibility index (Phi) is 4.10. The summed E-state index contributed by atoms with van der Waals surface area (Å²) in [5.41, 5.74) is 3.58. The number of nitrogens with zero attached hydrogens (tertiary/aromatic N) is 3. The number of nitrogens with one attached hydrogen (secondary N) is 1. The summed E-state index contributed by atoms with van der Waals surface area (Å²) in [4.78, 5) is 2.36. The van der Waals surface area contributed by atoms with E-state index in [4.69, 9.17) is 4.74 Å². The quantitative estimate of drug-likeness (QED) is 0.937. The summed E-state index contributed by atoms with van der Waals surface area (Å²) >= 11 is 0. The largest absolute Gasteiger partial charge is 0.378 e. The Hall–Kier alpha value is -2.01. The Labute approximate surface area is 125 Å². The van der Waals surface area contributed by atoms with Crippen LogP contribution in [0.25, 0.3) is 0 Å². The molecule has 1 aromatic heterocycles. The lowest BCUT2D eigenvalue weighted by atomic mass is 10.1. The molecule has 0 spiro atoms. The molecule has 1 N–H and O–H groups in total. The van der Waals surface area contributed by atoms with Gasteiger partial charge in [-0.15, -0.1) is 0 Å². The molecule has 1 saturated heterocycles. The molecule has 1 unspecified atom stereocenters. The second-order valence-electron chi connectivity index (χ2n) is 5.46. The highest BCUT2D eigenvalue weighted by molar-refractivity contribution is 5.55. The van der Waals surface area contributed by atoms with Crippen molar-refractivity contribution in [3.63, 3.8) is 0 Å². The van der Waals surface area contributed by atoms with Crippen LogP contribution in [-0.4, -0.2) is 36.1 Å². The van der Waals surface area contributed by atoms with Crippen LogP contribution < -0.4 is 10.2 Å². The SMILES string of the molecule is CC(Nc1ccc(N2CCOCC2)cc1)c1cnn(C)c1. The predicted molar refractivity (Wildman–Crippen MR) is 84.7 cm³/mol. The summed E-state index contributed by atoms with van der Waals surface area (Å²) in [6, 6.07) is 8.86. The molecule has 5 heteroatoms. The molecule has 0 bridgehead atoms. The van der Waals surface area contributed by atoms with Crippen molar-refractivity contribution in [2.24, 2.45) is 7.05 Å². The second kappa shape index (κ2) is 6.18. The van der Waals surface area contributed by atoms with E-state index in [-0.39, 0.29) is 6.04 Å². The van der Waals surface area contributed by atoms with Crippen molar-refractivity contribution < 1.29 is 4.74 Å². The fraction of sp³-hybridized carbons (Fsp3) is 0.438. The average Bonchev–Trinajstić information content (AvgIpc) is 2.96. The van der Waals surface area contributed by atoms with Gasteiger partial charge < -0.3 is 15.0 Å². The molecule has 0 aliphatic carbocycles. The van der Waals surface area contributed by atoms with Crippen LogP contribution in [0.2, 0.25) is 0 Å². The van der Waals surface area contributed by atoms with Crippen LogP contribution in [0.1, 0.15) is 18.5 Å². The first kappa shape index (κ1) is 13.9. The molecule has 2 heterocycles. The summed E-state index contributed by atoms with van der Waals surface area (Å²) in [5.74, 6) is 0. The van der Waals surface area contributed by atoms with E-state index in [2.05, 4.69) is 46.5 Å². The van der Waals surface area contributed by atoms with Gasteiger partial charge in [-0.2, -0.15) is 5.10 Å². The van der Waals surface area contributed by atoms with E-state index in [1.807, 2.05) is 24.1 Å². The van der Waals surface area contributed by atoms with Crippen LogP contribution in [0, 0.1) is 0 Å². The molecule has 1 aliphatic rings. The lowest BCUT2D eigenvalue weighted by molar-refractivity contribution is 0.122. The topological polar surface area (TPSA) is 42.3 Å². The maximum absolute atomic E-state index is 5.39. The Morgan fingerprint density at radius 2 is 1.90 bits per heavy atom. The van der Waals surface area contributed by atoms with Gasteiger partial charge in [0, 0.05) is 43.3 Å². The van der Waals surface area contributed by atoms with Gasteiger partial charge in [0.1, 0.15) is 0 Å². The molecule has 0 saturated carbocycles. The summed E-state index contributed by atoms with van der Waals surface area (Å²) < 4.78 is 7.22. The Balaban J connectivity index is 1.63. The zero-order valence-corrected chi connectivity index (χ0v) is 12.6. The number of hydrogen-bond acceptors (Lipinski definition) is 4. The molecule has 1 aromatic carbocycles. The van der Waals surface area contributed by atoms with Crippen LogP contribution >= 0.6 is 0 Å². The van der Waals surface area contributed by atoms with E-state index >= 15 is 0 Å². The van der Waals surface area contributed by atoms with Crippen molar-refractivity contribution in [1.82, 2.24) is 9.78 Å². The summed E-state index contributed by atoms with van der Waals surface area (Å²) in [6.07, 6.45) is 3.94. The van der Waals surface area contributed by atoms with Gasteiger partial charge in [-0.05, 0) is 31.2 Å². The van der Waals surface area contributed by atoms with Crippen molar-refractivity contribution in [3.05, 3.63) is 42.2 Å². The van der Waals surface area contributed by atoms with Crippen LogP contribution in [-0.2, 0) is 11.8 Å². The number of aromatic nitrogens is 2. The monoisotopic (exact) mass is 286 g/mol. The average molecular weight is 286 g/mol. The maximum atomic E-state index is 5.39. The van der Waals surface area contributed by atoms with Gasteiger partial charge >= 0.3 is 0 Å². The lowest BCUT2D eigenvalue weighted by Gasteiger charge is -2.29. The number of ether oxygens (including phenoxy) is 1. The van der Waals surface area contributed by atoms with Crippen molar-refractivity contribution in [2.45, 2.75) is 13.0 Å². The van der Waals surface area contributed by atoms with Gasteiger partial charge in [-0.3, -0.25) is 4.68 Å². The van der Waals surface area contributed by atoms with Gasteiger partial charge in [0.25, 0.3) is 0 Å². The number of hydrogen-bond donors (Lipinski definition) is 1. The molecule has 112 valence electrons. The van der Waals surface area contributed by atoms with Crippen molar-refractivity contribution in [3.8, 4) is 0 Å². The molecule has 1 fully saturated rings. The van der Waals surface area contributed by atoms with Gasteiger partial charge in [-0.25, -0.2) is 0 Å². The summed E-state index contributed by atoms with van der Waals surface area (Å²) in [5, 5.41) is 7.72. The van der Waals surface area contributed by atoms with Gasteiger partial charge in [0.15, 0.2) is 0 Å². The summed E-state index contributed by atoms with van der Waals surface area (Å²) in [7, 11) is 1.94. The third-order valence-electron chi connectivity index (χ3n) is 3.85. The van der Waals surface area contributed by atoms with Gasteiger partial charge in [0.05, 0.1) is 25.5 Å². The first-order valence-electron chi connectivity index (χ1n) is 7.40. The fourth-order valence-corrected chi connectivity index (χ4v) is 2.59. The number of aryl methyl sites for hydroxylation is 1. The van der Waals surface area contributed by atoms with Crippen LogP contribution in [0.5, 0.6) is 0 Å². The van der Waals surface area contributed by atoms with Crippen molar-refractivity contribution in [1.29, 1.82) is 0 Å². The fourth-order valence-electron chi connectivity index (χ4n) is 2.59. The molecule has 5 nitrogen and oxygen atoms in total. The maximum Gasteiger partial charge on any atom is 0.0642 e. The lowest BCUT2D eigenvalue weighted by Crippen LogP contribution is -2.36. The number of rotatable bonds is 4. The molecule has 1 aliphatic heterocycles. The molecule has 0 radical (unpaired) electrons. The molecular weight excluding hydrogens is 264 g/mol. The molecule has 0 amide bonds. The minimum Gasteiger partial charge on any atom is -0.378 e. The van der Waals surface area contributed by atoms with Gasteiger partial charge in [0.2, 0.25) is 0 Å². The van der Waals surface area contributed by atoms with E-state index in [1.165, 1.54) is 11.3 Å². The summed E-state index contributed by atoms with van der Waals surface area (Å²) in [6.45, 7) is 5.72. The Morgan fingerprint density at radius 3 is 2.52 bits per heavy atom. The van der Waals surface area contributed by atoms with Gasteiger partial charge in [-0.1, -0.05) is 0 Å². The highest BCUT2D eigenvalue weighted by Gasteiger charge is 2.11. The van der Waals surface area contributed by atoms with E-state index in [0.717, 1.165) is 32.0 Å². The minimum absolute atomic E-state index is 0.243. The molecule has 1 atom stereocenters. The van der Waals surface area contributed by atoms with Crippen LogP contribution in [0.4, 0.5) is 11.4 Å². The van der Waals surface area contributed by atoms with Crippen LogP contribution in [0.15, 0.2) is 36.7 Å². The Morgan fingerprint density at radius 1 is 1.19 bits per heavy atom. The normalized spacial score (nSPS) is 16.8. The number of benzene rings is 1. The standard InChI is InChI=1S/C16H22N4O/c1-13(14-11-17-19(2)12-14)18-15-3-5-16(6-4-15)20-7-9-21-10-8-20/h3-6,11-13,18H,7-10H2,1-2H3. The second-order valence-corrected chi connectivity index (χ2v) is 5.46. The highest BCUT2D eigenvalue weighted by Crippen LogP contribution is 2.22. The zero-order chi connectivity index (χ0) is 14.7. The van der Waals surface area contributed by atoms with E-state index in [9.17, 15) is 0 Å². The molecule has 2 aromatic rings. The predicted octanol–water partition coefficient (Wildman–Crippen LogP) is 2.43.